The number of hydrogen-bond donors (Lipinski definition) is 2. The molecular weight excluding hydrogens is 412 g/mol. The Labute approximate surface area is 180 Å². The van der Waals surface area contributed by atoms with Crippen molar-refractivity contribution in [2.45, 2.75) is 0 Å². The minimum absolute atomic E-state index is 0.195. The lowest BCUT2D eigenvalue weighted by Crippen LogP contribution is -2.15. The quantitative estimate of drug-likeness (QED) is 0.338. The summed E-state index contributed by atoms with van der Waals surface area (Å²) in [6, 6.07) is 26.8. The first kappa shape index (κ1) is 18.5. The summed E-state index contributed by atoms with van der Waals surface area (Å²) in [5, 5.41) is 7.94. The molecule has 30 heavy (non-hydrogen) atoms. The molecule has 0 radical (unpaired) electrons. The molecule has 3 aromatic carbocycles. The van der Waals surface area contributed by atoms with Crippen LogP contribution in [0.4, 0.5) is 11.4 Å². The summed E-state index contributed by atoms with van der Waals surface area (Å²) in [6.45, 7) is 0. The van der Waals surface area contributed by atoms with Crippen LogP contribution in [0.1, 0.15) is 19.3 Å². The van der Waals surface area contributed by atoms with E-state index in [4.69, 9.17) is 0 Å². The second-order valence-electron chi connectivity index (χ2n) is 6.75. The van der Waals surface area contributed by atoms with Crippen molar-refractivity contribution in [1.82, 2.24) is 0 Å². The number of carbonyl (C=O) groups is 2. The van der Waals surface area contributed by atoms with Gasteiger partial charge >= 0.3 is 0 Å². The molecule has 0 fully saturated rings. The lowest BCUT2D eigenvalue weighted by atomic mass is 10.2. The van der Waals surface area contributed by atoms with Crippen LogP contribution >= 0.6 is 22.7 Å². The molecule has 6 heteroatoms. The fourth-order valence-electron chi connectivity index (χ4n) is 3.26. The van der Waals surface area contributed by atoms with Gasteiger partial charge in [-0.25, -0.2) is 0 Å². The van der Waals surface area contributed by atoms with Gasteiger partial charge in [0.25, 0.3) is 11.8 Å². The van der Waals surface area contributed by atoms with Gasteiger partial charge in [-0.2, -0.15) is 0 Å². The molecule has 2 N–H and O–H groups in total. The highest BCUT2D eigenvalue weighted by molar-refractivity contribution is 7.21. The zero-order valence-corrected chi connectivity index (χ0v) is 17.3. The van der Waals surface area contributed by atoms with E-state index in [0.717, 1.165) is 20.2 Å². The van der Waals surface area contributed by atoms with Crippen LogP contribution in [0.3, 0.4) is 0 Å². The average molecular weight is 429 g/mol. The molecule has 0 aliphatic rings. The van der Waals surface area contributed by atoms with E-state index < -0.39 is 0 Å². The number of rotatable bonds is 4. The predicted octanol–water partition coefficient (Wildman–Crippen LogP) is 6.62. The van der Waals surface area contributed by atoms with Gasteiger partial charge in [0.2, 0.25) is 0 Å². The number of anilines is 2. The third-order valence-corrected chi connectivity index (χ3v) is 6.95. The molecule has 0 unspecified atom stereocenters. The Balaban J connectivity index is 1.38. The molecule has 2 amide bonds. The highest BCUT2D eigenvalue weighted by Crippen LogP contribution is 2.29. The van der Waals surface area contributed by atoms with Gasteiger partial charge in [0.15, 0.2) is 0 Å². The molecule has 0 aliphatic carbocycles. The minimum Gasteiger partial charge on any atom is -0.319 e. The first-order valence-corrected chi connectivity index (χ1v) is 11.0. The van der Waals surface area contributed by atoms with Crippen molar-refractivity contribution in [3.05, 3.63) is 94.7 Å². The molecule has 2 aromatic heterocycles. The summed E-state index contributed by atoms with van der Waals surface area (Å²) in [5.74, 6) is -0.389. The predicted molar refractivity (Wildman–Crippen MR) is 126 cm³/mol. The first-order chi connectivity index (χ1) is 14.7. The van der Waals surface area contributed by atoms with Crippen LogP contribution in [0.5, 0.6) is 0 Å². The van der Waals surface area contributed by atoms with E-state index in [-0.39, 0.29) is 11.8 Å². The van der Waals surface area contributed by atoms with E-state index in [1.54, 1.807) is 12.1 Å². The van der Waals surface area contributed by atoms with E-state index in [1.807, 2.05) is 72.8 Å². The van der Waals surface area contributed by atoms with Gasteiger partial charge < -0.3 is 10.6 Å². The van der Waals surface area contributed by atoms with Crippen molar-refractivity contribution < 1.29 is 9.59 Å². The standard InChI is InChI=1S/C24H16N2O2S2/c27-23(21-13-15-7-1-5-11-19(15)29-21)25-17-9-3-4-10-18(17)26-24(28)22-14-16-8-2-6-12-20(16)30-22/h1-14H,(H,25,27)(H,26,28). The number of nitrogens with one attached hydrogen (secondary N) is 2. The summed E-state index contributed by atoms with van der Waals surface area (Å²) in [5.41, 5.74) is 1.13. The molecule has 146 valence electrons. The minimum atomic E-state index is -0.195. The van der Waals surface area contributed by atoms with Gasteiger partial charge in [-0.1, -0.05) is 48.5 Å². The van der Waals surface area contributed by atoms with E-state index in [9.17, 15) is 9.59 Å². The molecule has 0 saturated carbocycles. The second kappa shape index (κ2) is 7.74. The Morgan fingerprint density at radius 1 is 0.567 bits per heavy atom. The molecule has 0 spiro atoms. The molecule has 4 nitrogen and oxygen atoms in total. The number of amides is 2. The monoisotopic (exact) mass is 428 g/mol. The van der Waals surface area contributed by atoms with Crippen LogP contribution in [-0.4, -0.2) is 11.8 Å². The van der Waals surface area contributed by atoms with Gasteiger partial charge in [-0.3, -0.25) is 9.59 Å². The Morgan fingerprint density at radius 2 is 0.967 bits per heavy atom. The molecule has 5 rings (SSSR count). The summed E-state index contributed by atoms with van der Waals surface area (Å²) in [7, 11) is 0. The molecule has 0 bridgehead atoms. The molecule has 5 aromatic rings. The zero-order chi connectivity index (χ0) is 20.5. The summed E-state index contributed by atoms with van der Waals surface area (Å²) in [6.07, 6.45) is 0. The van der Waals surface area contributed by atoms with Crippen molar-refractivity contribution in [1.29, 1.82) is 0 Å². The fraction of sp³-hybridized carbons (Fsp3) is 0. The molecule has 0 aliphatic heterocycles. The number of hydrogen-bond acceptors (Lipinski definition) is 4. The van der Waals surface area contributed by atoms with Crippen molar-refractivity contribution in [3.8, 4) is 0 Å². The number of benzene rings is 3. The van der Waals surface area contributed by atoms with Crippen LogP contribution in [-0.2, 0) is 0 Å². The van der Waals surface area contributed by atoms with E-state index >= 15 is 0 Å². The number of para-hydroxylation sites is 2. The highest BCUT2D eigenvalue weighted by atomic mass is 32.1. The molecule has 2 heterocycles. The lowest BCUT2D eigenvalue weighted by molar-refractivity contribution is 0.102. The number of carbonyl (C=O) groups excluding carboxylic acids is 2. The second-order valence-corrected chi connectivity index (χ2v) is 8.92. The SMILES string of the molecule is O=C(Nc1ccccc1NC(=O)c1cc2ccccc2s1)c1cc2ccccc2s1. The van der Waals surface area contributed by atoms with Crippen LogP contribution in [0.2, 0.25) is 0 Å². The van der Waals surface area contributed by atoms with Crippen LogP contribution in [0.25, 0.3) is 20.2 Å². The maximum atomic E-state index is 12.8. The largest absolute Gasteiger partial charge is 0.319 e. The topological polar surface area (TPSA) is 58.2 Å². The van der Waals surface area contributed by atoms with Gasteiger partial charge in [0.1, 0.15) is 0 Å². The van der Waals surface area contributed by atoms with Crippen molar-refractivity contribution >= 4 is 66.0 Å². The lowest BCUT2D eigenvalue weighted by Gasteiger charge is -2.11. The third-order valence-electron chi connectivity index (χ3n) is 4.72. The Bertz CT molecular complexity index is 1230. The molecule has 0 saturated heterocycles. The summed E-state index contributed by atoms with van der Waals surface area (Å²) in [4.78, 5) is 26.8. The molecular formula is C24H16N2O2S2. The van der Waals surface area contributed by atoms with Crippen LogP contribution in [0.15, 0.2) is 84.9 Å². The smallest absolute Gasteiger partial charge is 0.265 e. The van der Waals surface area contributed by atoms with Gasteiger partial charge in [-0.05, 0) is 47.2 Å². The number of thiophene rings is 2. The summed E-state index contributed by atoms with van der Waals surface area (Å²) < 4.78 is 2.13. The molecule has 0 atom stereocenters. The van der Waals surface area contributed by atoms with Crippen molar-refractivity contribution in [2.24, 2.45) is 0 Å². The Hall–Kier alpha value is -3.48. The van der Waals surface area contributed by atoms with E-state index in [2.05, 4.69) is 10.6 Å². The van der Waals surface area contributed by atoms with Crippen LogP contribution < -0.4 is 10.6 Å². The van der Waals surface area contributed by atoms with Gasteiger partial charge in [-0.15, -0.1) is 22.7 Å². The highest BCUT2D eigenvalue weighted by Gasteiger charge is 2.15. The third kappa shape index (κ3) is 3.58. The first-order valence-electron chi connectivity index (χ1n) is 9.36. The maximum absolute atomic E-state index is 12.8. The summed E-state index contributed by atoms with van der Waals surface area (Å²) >= 11 is 2.89. The van der Waals surface area contributed by atoms with Gasteiger partial charge in [0.05, 0.1) is 21.1 Å². The van der Waals surface area contributed by atoms with E-state index in [0.29, 0.717) is 21.1 Å². The Kier molecular flexibility index (Phi) is 4.78. The van der Waals surface area contributed by atoms with Crippen molar-refractivity contribution in [2.75, 3.05) is 10.6 Å². The normalized spacial score (nSPS) is 10.9. The number of fused-ring (bicyclic) bond motifs is 2. The maximum Gasteiger partial charge on any atom is 0.265 e. The van der Waals surface area contributed by atoms with Crippen LogP contribution in [0, 0.1) is 0 Å². The van der Waals surface area contributed by atoms with Crippen molar-refractivity contribution in [3.63, 3.8) is 0 Å². The average Bonchev–Trinajstić information content (AvgIpc) is 3.39. The van der Waals surface area contributed by atoms with E-state index in [1.165, 1.54) is 22.7 Å². The fourth-order valence-corrected chi connectivity index (χ4v) is 5.17. The Morgan fingerprint density at radius 3 is 1.40 bits per heavy atom. The van der Waals surface area contributed by atoms with Gasteiger partial charge in [0, 0.05) is 9.40 Å². The zero-order valence-electron chi connectivity index (χ0n) is 15.7.